The van der Waals surface area contributed by atoms with Crippen molar-refractivity contribution >= 4 is 17.0 Å². The Morgan fingerprint density at radius 1 is 1.28 bits per heavy atom. The van der Waals surface area contributed by atoms with Gasteiger partial charge in [-0.15, -0.1) is 0 Å². The largest absolute Gasteiger partial charge is 0.444 e. The Labute approximate surface area is 150 Å². The van der Waals surface area contributed by atoms with E-state index < -0.39 is 5.60 Å². The van der Waals surface area contributed by atoms with Crippen LogP contribution < -0.4 is 5.32 Å². The number of hydrogen-bond donors (Lipinski definition) is 1. The monoisotopic (exact) mass is 342 g/mol. The van der Waals surface area contributed by atoms with E-state index in [2.05, 4.69) is 54.1 Å². The molecule has 3 rings (SSSR count). The van der Waals surface area contributed by atoms with Gasteiger partial charge in [0.1, 0.15) is 5.60 Å². The Bertz CT molecular complexity index is 755. The van der Waals surface area contributed by atoms with Crippen molar-refractivity contribution in [2.24, 2.45) is 11.8 Å². The van der Waals surface area contributed by atoms with Crippen LogP contribution in [0.2, 0.25) is 0 Å². The summed E-state index contributed by atoms with van der Waals surface area (Å²) in [6, 6.07) is 11.0. The molecule has 1 aromatic heterocycles. The van der Waals surface area contributed by atoms with Crippen molar-refractivity contribution in [3.05, 3.63) is 36.0 Å². The van der Waals surface area contributed by atoms with Crippen molar-refractivity contribution in [3.63, 3.8) is 0 Å². The van der Waals surface area contributed by atoms with Crippen LogP contribution in [-0.4, -0.2) is 22.3 Å². The fraction of sp³-hybridized carbons (Fsp3) is 0.571. The number of aromatic nitrogens is 1. The summed E-state index contributed by atoms with van der Waals surface area (Å²) < 4.78 is 7.90. The Kier molecular flexibility index (Phi) is 4.81. The Morgan fingerprint density at radius 2 is 2.00 bits per heavy atom. The second-order valence-electron chi connectivity index (χ2n) is 8.52. The van der Waals surface area contributed by atoms with Crippen molar-refractivity contribution in [1.29, 1.82) is 0 Å². The molecule has 0 fully saturated rings. The first-order valence-electron chi connectivity index (χ1n) is 9.31. The van der Waals surface area contributed by atoms with Crippen molar-refractivity contribution in [1.82, 2.24) is 9.88 Å². The number of nitrogens with one attached hydrogen (secondary N) is 1. The SMILES string of the molecule is CC(C)C(NC(=O)OC(C)(C)C)C1CCc2cc3ccccc3n2C1. The first-order valence-corrected chi connectivity index (χ1v) is 9.31. The van der Waals surface area contributed by atoms with Crippen LogP contribution in [0.3, 0.4) is 0 Å². The summed E-state index contributed by atoms with van der Waals surface area (Å²) >= 11 is 0. The smallest absolute Gasteiger partial charge is 0.407 e. The first kappa shape index (κ1) is 17.8. The molecule has 136 valence electrons. The van der Waals surface area contributed by atoms with E-state index in [0.717, 1.165) is 19.4 Å². The summed E-state index contributed by atoms with van der Waals surface area (Å²) in [5.74, 6) is 0.775. The van der Waals surface area contributed by atoms with Gasteiger partial charge in [-0.3, -0.25) is 0 Å². The zero-order valence-corrected chi connectivity index (χ0v) is 16.0. The second kappa shape index (κ2) is 6.74. The van der Waals surface area contributed by atoms with Crippen LogP contribution in [-0.2, 0) is 17.7 Å². The molecule has 2 unspecified atom stereocenters. The van der Waals surface area contributed by atoms with Gasteiger partial charge in [-0.1, -0.05) is 32.0 Å². The van der Waals surface area contributed by atoms with Crippen LogP contribution in [0.4, 0.5) is 4.79 Å². The first-order chi connectivity index (χ1) is 11.7. The van der Waals surface area contributed by atoms with Crippen LogP contribution in [0, 0.1) is 11.8 Å². The molecule has 1 aliphatic heterocycles. The minimum absolute atomic E-state index is 0.115. The van der Waals surface area contributed by atoms with Crippen LogP contribution in [0.5, 0.6) is 0 Å². The predicted molar refractivity (Wildman–Crippen MR) is 102 cm³/mol. The summed E-state index contributed by atoms with van der Waals surface area (Å²) in [6.45, 7) is 11.0. The maximum absolute atomic E-state index is 12.3. The molecule has 0 aliphatic carbocycles. The van der Waals surface area contributed by atoms with E-state index in [9.17, 15) is 4.79 Å². The average molecular weight is 342 g/mol. The van der Waals surface area contributed by atoms with Crippen molar-refractivity contribution in [3.8, 4) is 0 Å². The van der Waals surface area contributed by atoms with Crippen LogP contribution in [0.15, 0.2) is 30.3 Å². The van der Waals surface area contributed by atoms with Gasteiger partial charge in [-0.2, -0.15) is 0 Å². The summed E-state index contributed by atoms with van der Waals surface area (Å²) in [6.07, 6.45) is 1.84. The molecular weight excluding hydrogens is 312 g/mol. The summed E-state index contributed by atoms with van der Waals surface area (Å²) in [7, 11) is 0. The fourth-order valence-electron chi connectivity index (χ4n) is 3.91. The molecule has 0 bridgehead atoms. The molecule has 1 aromatic carbocycles. The number of hydrogen-bond acceptors (Lipinski definition) is 2. The lowest BCUT2D eigenvalue weighted by atomic mass is 9.84. The number of alkyl carbamates (subject to hydrolysis) is 1. The summed E-state index contributed by atoms with van der Waals surface area (Å²) in [5.41, 5.74) is 2.22. The molecular formula is C21H30N2O2. The number of para-hydroxylation sites is 1. The van der Waals surface area contributed by atoms with Crippen molar-refractivity contribution < 1.29 is 9.53 Å². The number of carbonyl (C=O) groups is 1. The Hall–Kier alpha value is -1.97. The van der Waals surface area contributed by atoms with Gasteiger partial charge in [-0.25, -0.2) is 4.79 Å². The molecule has 4 nitrogen and oxygen atoms in total. The summed E-state index contributed by atoms with van der Waals surface area (Å²) in [5, 5.41) is 4.44. The van der Waals surface area contributed by atoms with Gasteiger partial charge < -0.3 is 14.6 Å². The number of carbonyl (C=O) groups excluding carboxylic acids is 1. The number of fused-ring (bicyclic) bond motifs is 3. The van der Waals surface area contributed by atoms with Gasteiger partial charge in [-0.05, 0) is 63.0 Å². The van der Waals surface area contributed by atoms with Gasteiger partial charge in [0.25, 0.3) is 0 Å². The second-order valence-corrected chi connectivity index (χ2v) is 8.52. The molecule has 0 saturated heterocycles. The lowest BCUT2D eigenvalue weighted by Gasteiger charge is -2.35. The number of ether oxygens (including phenoxy) is 1. The molecule has 2 aromatic rings. The molecule has 2 atom stereocenters. The van der Waals surface area contributed by atoms with Crippen molar-refractivity contribution in [2.45, 2.75) is 65.6 Å². The number of amides is 1. The van der Waals surface area contributed by atoms with E-state index >= 15 is 0 Å². The number of rotatable bonds is 3. The summed E-state index contributed by atoms with van der Waals surface area (Å²) in [4.78, 5) is 12.3. The normalized spacial score (nSPS) is 18.9. The van der Waals surface area contributed by atoms with E-state index in [0.29, 0.717) is 11.8 Å². The highest BCUT2D eigenvalue weighted by Crippen LogP contribution is 2.31. The van der Waals surface area contributed by atoms with Crippen LogP contribution in [0.25, 0.3) is 10.9 Å². The highest BCUT2D eigenvalue weighted by atomic mass is 16.6. The average Bonchev–Trinajstić information content (AvgIpc) is 2.88. The van der Waals surface area contributed by atoms with Gasteiger partial charge in [0, 0.05) is 23.8 Å². The van der Waals surface area contributed by atoms with E-state index in [1.165, 1.54) is 16.6 Å². The number of aryl methyl sites for hydroxylation is 1. The van der Waals surface area contributed by atoms with Crippen LogP contribution >= 0.6 is 0 Å². The molecule has 4 heteroatoms. The lowest BCUT2D eigenvalue weighted by Crippen LogP contribution is -2.48. The topological polar surface area (TPSA) is 43.3 Å². The van der Waals surface area contributed by atoms with Gasteiger partial charge >= 0.3 is 6.09 Å². The van der Waals surface area contributed by atoms with E-state index in [1.807, 2.05) is 20.8 Å². The van der Waals surface area contributed by atoms with Crippen molar-refractivity contribution in [2.75, 3.05) is 0 Å². The fourth-order valence-corrected chi connectivity index (χ4v) is 3.91. The maximum atomic E-state index is 12.3. The molecule has 25 heavy (non-hydrogen) atoms. The third-order valence-corrected chi connectivity index (χ3v) is 4.99. The molecule has 0 radical (unpaired) electrons. The molecule has 1 N–H and O–H groups in total. The zero-order chi connectivity index (χ0) is 18.2. The van der Waals surface area contributed by atoms with Gasteiger partial charge in [0.05, 0.1) is 0 Å². The van der Waals surface area contributed by atoms with E-state index in [-0.39, 0.29) is 12.1 Å². The molecule has 0 saturated carbocycles. The van der Waals surface area contributed by atoms with Gasteiger partial charge in [0.2, 0.25) is 0 Å². The molecule has 1 amide bonds. The lowest BCUT2D eigenvalue weighted by molar-refractivity contribution is 0.0454. The Morgan fingerprint density at radius 3 is 2.68 bits per heavy atom. The third kappa shape index (κ3) is 4.00. The minimum atomic E-state index is -0.470. The van der Waals surface area contributed by atoms with E-state index in [4.69, 9.17) is 4.74 Å². The molecule has 2 heterocycles. The van der Waals surface area contributed by atoms with E-state index in [1.54, 1.807) is 0 Å². The zero-order valence-electron chi connectivity index (χ0n) is 16.0. The number of benzene rings is 1. The Balaban J connectivity index is 1.78. The molecule has 0 spiro atoms. The third-order valence-electron chi connectivity index (χ3n) is 4.99. The maximum Gasteiger partial charge on any atom is 0.407 e. The predicted octanol–water partition coefficient (Wildman–Crippen LogP) is 4.75. The number of nitrogens with zero attached hydrogens (tertiary/aromatic N) is 1. The molecule has 1 aliphatic rings. The highest BCUT2D eigenvalue weighted by Gasteiger charge is 2.31. The van der Waals surface area contributed by atoms with Gasteiger partial charge in [0.15, 0.2) is 0 Å². The highest BCUT2D eigenvalue weighted by molar-refractivity contribution is 5.81. The quantitative estimate of drug-likeness (QED) is 0.874. The standard InChI is InChI=1S/C21H30N2O2/c1-14(2)19(22-20(24)25-21(3,4)5)16-10-11-17-12-15-8-6-7-9-18(15)23(17)13-16/h6-9,12,14,16,19H,10-11,13H2,1-5H3,(H,22,24). The van der Waals surface area contributed by atoms with Crippen LogP contribution in [0.1, 0.15) is 46.7 Å². The minimum Gasteiger partial charge on any atom is -0.444 e.